The molecule has 0 amide bonds. The first-order valence-electron chi connectivity index (χ1n) is 51.8. The molecule has 10 aromatic rings. The van der Waals surface area contributed by atoms with E-state index in [-0.39, 0.29) is 87.4 Å². The van der Waals surface area contributed by atoms with Crippen LogP contribution in [-0.2, 0) is 30.4 Å². The Kier molecular flexibility index (Phi) is 26.6. The number of ketones is 10. The first kappa shape index (κ1) is 94.7. The topological polar surface area (TPSA) is 208 Å². The van der Waals surface area contributed by atoms with Crippen molar-refractivity contribution in [1.29, 1.82) is 0 Å². The molecule has 25 rings (SSSR count). The molecule has 0 N–H and O–H groups in total. The highest BCUT2D eigenvalue weighted by Crippen LogP contribution is 2.60. The molecule has 5 unspecified atom stereocenters. The summed E-state index contributed by atoms with van der Waals surface area (Å²) in [5.41, 5.74) is 36.9. The van der Waals surface area contributed by atoms with E-state index in [1.807, 2.05) is 190 Å². The molecule has 0 aliphatic heterocycles. The van der Waals surface area contributed by atoms with Crippen molar-refractivity contribution < 1.29 is 66.9 Å². The van der Waals surface area contributed by atoms with Gasteiger partial charge in [0.1, 0.15) is 11.5 Å². The molecule has 718 valence electrons. The summed E-state index contributed by atoms with van der Waals surface area (Å²) < 4.78 is 22.8. The second-order valence-electron chi connectivity index (χ2n) is 40.4. The Bertz CT molecular complexity index is 7430. The predicted molar refractivity (Wildman–Crippen MR) is 560 cm³/mol. The zero-order valence-corrected chi connectivity index (χ0v) is 82.6. The Hall–Kier alpha value is -14.5. The van der Waals surface area contributed by atoms with Gasteiger partial charge in [0.15, 0.2) is 69.3 Å². The van der Waals surface area contributed by atoms with Gasteiger partial charge in [-0.1, -0.05) is 262 Å². The lowest BCUT2D eigenvalue weighted by atomic mass is 9.69. The maximum atomic E-state index is 13.5. The normalized spacial score (nSPS) is 20.7. The van der Waals surface area contributed by atoms with Gasteiger partial charge in [-0.05, 0) is 260 Å². The third-order valence-corrected chi connectivity index (χ3v) is 32.0. The number of carbonyl (C=O) groups is 10. The first-order chi connectivity index (χ1) is 69.8. The van der Waals surface area contributed by atoms with E-state index in [1.54, 1.807) is 7.11 Å². The molecule has 0 fully saturated rings. The van der Waals surface area contributed by atoms with Crippen LogP contribution in [0.4, 0.5) is 0 Å². The van der Waals surface area contributed by atoms with Crippen LogP contribution in [0.1, 0.15) is 337 Å². The van der Waals surface area contributed by atoms with Gasteiger partial charge in [0, 0.05) is 145 Å². The maximum Gasteiger partial charge on any atom is 0.190 e. The number of methoxy groups -OCH3 is 1. The van der Waals surface area contributed by atoms with E-state index in [2.05, 4.69) is 88.4 Å². The van der Waals surface area contributed by atoms with E-state index in [4.69, 9.17) is 18.9 Å². The Balaban J connectivity index is 0.000000106. The van der Waals surface area contributed by atoms with Crippen LogP contribution >= 0.6 is 0 Å². The van der Waals surface area contributed by atoms with Gasteiger partial charge < -0.3 is 18.9 Å². The number of hydrogen-bond donors (Lipinski definition) is 0. The fraction of sp³-hybridized carbons (Fsp3) is 0.302. The minimum Gasteiger partial charge on any atom is -0.497 e. The van der Waals surface area contributed by atoms with Crippen LogP contribution in [0.25, 0.3) is 27.9 Å². The van der Waals surface area contributed by atoms with Crippen molar-refractivity contribution in [3.05, 3.63) is 415 Å². The average molecular weight is 1890 g/mol. The second kappa shape index (κ2) is 40.1. The van der Waals surface area contributed by atoms with Crippen molar-refractivity contribution in [3.63, 3.8) is 0 Å². The zero-order valence-electron chi connectivity index (χ0n) is 82.6. The number of allylic oxidation sites excluding steroid dienone is 20. The fourth-order valence-electron chi connectivity index (χ4n) is 25.4. The molecule has 0 aromatic heterocycles. The number of ether oxygens (including phenoxy) is 4. The number of hydrogen-bond acceptors (Lipinski definition) is 14. The summed E-state index contributed by atoms with van der Waals surface area (Å²) in [6.07, 6.45) is 19.0. The molecule has 14 nitrogen and oxygen atoms in total. The van der Waals surface area contributed by atoms with Gasteiger partial charge >= 0.3 is 0 Å². The van der Waals surface area contributed by atoms with Crippen molar-refractivity contribution in [2.75, 3.05) is 26.9 Å². The van der Waals surface area contributed by atoms with E-state index in [9.17, 15) is 47.9 Å². The number of Topliss-reactive ketones (excluding diaryl/α,β-unsaturated/α-hetero) is 10. The Morgan fingerprint density at radius 2 is 0.566 bits per heavy atom. The van der Waals surface area contributed by atoms with Crippen molar-refractivity contribution in [1.82, 2.24) is 0 Å². The minimum absolute atomic E-state index is 0.0485. The van der Waals surface area contributed by atoms with Crippen LogP contribution in [-0.4, -0.2) is 84.8 Å². The smallest absolute Gasteiger partial charge is 0.190 e. The Morgan fingerprint density at radius 3 is 0.874 bits per heavy atom. The summed E-state index contributed by atoms with van der Waals surface area (Å²) in [7, 11) is 1.64. The van der Waals surface area contributed by atoms with Gasteiger partial charge in [-0.15, -0.1) is 0 Å². The van der Waals surface area contributed by atoms with Crippen molar-refractivity contribution in [2.24, 2.45) is 0 Å². The summed E-state index contributed by atoms with van der Waals surface area (Å²) in [4.78, 5) is 132. The Morgan fingerprint density at radius 1 is 0.273 bits per heavy atom. The van der Waals surface area contributed by atoms with Crippen LogP contribution < -0.4 is 18.9 Å². The van der Waals surface area contributed by atoms with Crippen molar-refractivity contribution >= 4 is 85.7 Å². The number of carbonyl (C=O) groups excluding carboxylic acids is 10. The molecule has 0 spiro atoms. The summed E-state index contributed by atoms with van der Waals surface area (Å²) in [5.74, 6) is 3.51. The highest BCUT2D eigenvalue weighted by Gasteiger charge is 2.50. The molecular weight excluding hydrogens is 1770 g/mol. The molecule has 15 aliphatic carbocycles. The van der Waals surface area contributed by atoms with E-state index in [0.717, 1.165) is 288 Å². The van der Waals surface area contributed by atoms with E-state index >= 15 is 0 Å². The summed E-state index contributed by atoms with van der Waals surface area (Å²) in [5, 5.41) is 0. The largest absolute Gasteiger partial charge is 0.497 e. The van der Waals surface area contributed by atoms with Crippen LogP contribution in [0, 0.1) is 0 Å². The molecule has 0 bridgehead atoms. The van der Waals surface area contributed by atoms with Gasteiger partial charge in [-0.3, -0.25) is 47.9 Å². The van der Waals surface area contributed by atoms with Crippen LogP contribution in [0.15, 0.2) is 320 Å². The molecule has 0 radical (unpaired) electrons. The predicted octanol–water partition coefficient (Wildman–Crippen LogP) is 28.0. The van der Waals surface area contributed by atoms with Gasteiger partial charge in [-0.2, -0.15) is 0 Å². The molecule has 143 heavy (non-hydrogen) atoms. The molecular formula is C129H118O14. The van der Waals surface area contributed by atoms with Gasteiger partial charge in [0.25, 0.3) is 0 Å². The molecule has 0 saturated heterocycles. The number of fused-ring (bicyclic) bond motifs is 10. The maximum absolute atomic E-state index is 13.5. The molecule has 10 aromatic carbocycles. The lowest BCUT2D eigenvalue weighted by Crippen LogP contribution is -2.25. The molecule has 0 heterocycles. The molecule has 5 atom stereocenters. The number of rotatable bonds is 16. The highest BCUT2D eigenvalue weighted by molar-refractivity contribution is 6.28. The molecule has 0 saturated carbocycles. The lowest BCUT2D eigenvalue weighted by Gasteiger charge is -2.33. The monoisotopic (exact) mass is 1890 g/mol. The fourth-order valence-corrected chi connectivity index (χ4v) is 25.4. The quantitative estimate of drug-likeness (QED) is 0.0825. The van der Waals surface area contributed by atoms with E-state index < -0.39 is 0 Å². The highest BCUT2D eigenvalue weighted by atomic mass is 16.5. The van der Waals surface area contributed by atoms with Crippen molar-refractivity contribution in [3.8, 4) is 23.0 Å². The standard InChI is InChI=1S/C27H26O4.C27H26O3.C26H24O2.C25H22O2.C24H20O3/c1-3-30-22-13-12-17(15-23(22)31-4-2)25-24-16(8-7-11-21(24)28)14-20-18-9-5-6-10-19(18)27(29)26(20)25;1-2-3-15-30-19-13-11-17(12-14-19)25-24-18(7-6-10-23(24)28)16-22-20-8-4-5-9-21(20)27(29)26(22)25;1-15(2)16-10-12-17(13-11-16)24-23-18(6-5-9-22(23)27)14-21-19-7-3-4-8-20(19)26(28)25(21)24;1-2-15-10-12-16(13-11-15)23-22-17(6-5-9-21(22)26)14-20-18-7-3-4-8-19(18)25(27)24(20)23;1-27-16-8-4-6-14(12-16)22-21-15(7-5-11-20(21)25)13-19-17-9-2-3-10-18(17)24(26)23(19)22/h5-6,9-10,12-13,15,25H,3-4,7-8,11,14H2,1-2H3;4-5,8-9,11-14,25H,2-3,6-7,10,15-16H2,1H3;3-4,7-8,10-13,15,24H,5-6,9,14H2,1-2H3;3-4,7-8,10-13,23H,2,5-6,9,14H2,1H3;2-4,6,8-10,12,22H,5,7,11,13H2,1H3. The Labute approximate surface area is 836 Å². The van der Waals surface area contributed by atoms with Gasteiger partial charge in [-0.25, -0.2) is 0 Å². The van der Waals surface area contributed by atoms with Crippen LogP contribution in [0.5, 0.6) is 23.0 Å². The third-order valence-electron chi connectivity index (χ3n) is 32.0. The number of unbranched alkanes of at least 4 members (excludes halogenated alkanes) is 1. The van der Waals surface area contributed by atoms with Crippen molar-refractivity contribution in [2.45, 2.75) is 225 Å². The summed E-state index contributed by atoms with van der Waals surface area (Å²) in [6.45, 7) is 14.3. The lowest BCUT2D eigenvalue weighted by molar-refractivity contribution is -0.117. The van der Waals surface area contributed by atoms with Gasteiger partial charge in [0.2, 0.25) is 0 Å². The third kappa shape index (κ3) is 17.1. The van der Waals surface area contributed by atoms with E-state index in [0.29, 0.717) is 75.8 Å². The number of aryl methyl sites for hydroxylation is 1. The molecule has 15 aliphatic rings. The zero-order chi connectivity index (χ0) is 98.7. The number of benzene rings is 10. The van der Waals surface area contributed by atoms with Crippen LogP contribution in [0.3, 0.4) is 0 Å². The molecule has 14 heteroatoms. The van der Waals surface area contributed by atoms with Crippen LogP contribution in [0.2, 0.25) is 0 Å². The summed E-state index contributed by atoms with van der Waals surface area (Å²) >= 11 is 0. The van der Waals surface area contributed by atoms with Gasteiger partial charge in [0.05, 0.1) is 26.9 Å². The van der Waals surface area contributed by atoms with E-state index in [1.165, 1.54) is 39.0 Å². The second-order valence-corrected chi connectivity index (χ2v) is 40.4. The summed E-state index contributed by atoms with van der Waals surface area (Å²) in [6, 6.07) is 78.1. The first-order valence-corrected chi connectivity index (χ1v) is 51.8. The average Bonchev–Trinajstić information content (AvgIpc) is 1.61. The SMILES string of the molecule is CC(C)c1ccc(C2C3=C(CCCC3=O)CC3=C2C(=O)c2ccccc23)cc1.CCCCOc1ccc(C2C3=C(CCCC3=O)CC3=C2C(=O)c2ccccc23)cc1.CCOc1ccc(C2C3=C(CCCC3=O)CC3=C2C(=O)c2ccccc23)cc1OCC.CCc1ccc(C2C3=C(CCCC3=O)CC3=C2C(=O)c2ccccc23)cc1.COc1cccc(C2C3=C(CCCC3=O)CC3=C2C(=O)c2ccccc23)c1. The minimum atomic E-state index is -0.346.